The van der Waals surface area contributed by atoms with Crippen molar-refractivity contribution in [3.05, 3.63) is 27.3 Å². The lowest BCUT2D eigenvalue weighted by Crippen LogP contribution is -2.45. The molecule has 0 aliphatic carbocycles. The van der Waals surface area contributed by atoms with Crippen molar-refractivity contribution in [2.75, 3.05) is 0 Å². The van der Waals surface area contributed by atoms with Gasteiger partial charge in [0.2, 0.25) is 0 Å². The van der Waals surface area contributed by atoms with Gasteiger partial charge in [-0.2, -0.15) is 0 Å². The van der Waals surface area contributed by atoms with Gasteiger partial charge in [0.1, 0.15) is 11.8 Å². The van der Waals surface area contributed by atoms with Gasteiger partial charge in [0, 0.05) is 5.56 Å². The second kappa shape index (κ2) is 6.74. The number of nitrogens with one attached hydrogen (secondary N) is 1. The number of phenolic OH excluding ortho intramolecular Hbond substituents is 1. The highest BCUT2D eigenvalue weighted by Gasteiger charge is 2.25. The lowest BCUT2D eigenvalue weighted by atomic mass is 9.99. The van der Waals surface area contributed by atoms with Crippen LogP contribution in [0.4, 0.5) is 0 Å². The van der Waals surface area contributed by atoms with Crippen LogP contribution in [0, 0.1) is 9.49 Å². The van der Waals surface area contributed by atoms with Crippen molar-refractivity contribution in [2.24, 2.45) is 5.92 Å². The Kier molecular flexibility index (Phi) is 5.59. The van der Waals surface area contributed by atoms with Gasteiger partial charge >= 0.3 is 5.97 Å². The zero-order chi connectivity index (χ0) is 14.6. The van der Waals surface area contributed by atoms with Gasteiger partial charge in [-0.25, -0.2) is 4.79 Å². The number of aromatic hydroxyl groups is 1. The first-order valence-corrected chi connectivity index (χ1v) is 6.96. The number of halogens is 1. The van der Waals surface area contributed by atoms with Crippen LogP contribution in [0.3, 0.4) is 0 Å². The van der Waals surface area contributed by atoms with Crippen molar-refractivity contribution in [3.8, 4) is 5.75 Å². The largest absolute Gasteiger partial charge is 0.507 e. The van der Waals surface area contributed by atoms with E-state index in [0.717, 1.165) is 0 Å². The van der Waals surface area contributed by atoms with Gasteiger partial charge in [0.05, 0.1) is 3.57 Å². The Morgan fingerprint density at radius 2 is 2.05 bits per heavy atom. The van der Waals surface area contributed by atoms with Gasteiger partial charge < -0.3 is 15.5 Å². The zero-order valence-corrected chi connectivity index (χ0v) is 12.8. The molecule has 1 aromatic rings. The molecule has 0 fully saturated rings. The number of carboxylic acid groups (broad SMARTS) is 1. The van der Waals surface area contributed by atoms with Crippen LogP contribution in [-0.2, 0) is 4.79 Å². The number of phenols is 1. The van der Waals surface area contributed by atoms with E-state index >= 15 is 0 Å². The molecule has 0 aromatic heterocycles. The van der Waals surface area contributed by atoms with Gasteiger partial charge in [-0.05, 0) is 46.7 Å². The van der Waals surface area contributed by atoms with Crippen LogP contribution >= 0.6 is 22.6 Å². The number of aliphatic carboxylic acids is 1. The second-order valence-electron chi connectivity index (χ2n) is 4.34. The Morgan fingerprint density at radius 3 is 2.53 bits per heavy atom. The van der Waals surface area contributed by atoms with E-state index < -0.39 is 17.9 Å². The Labute approximate surface area is 125 Å². The SMILES string of the molecule is CC[C@H](C)[C@H](NC(=O)c1ccc(I)c(O)c1)C(=O)O. The smallest absolute Gasteiger partial charge is 0.326 e. The molecular weight excluding hydrogens is 361 g/mol. The molecule has 0 unspecified atom stereocenters. The first kappa shape index (κ1) is 15.7. The minimum absolute atomic E-state index is 0.00339. The first-order valence-electron chi connectivity index (χ1n) is 5.89. The third-order valence-electron chi connectivity index (χ3n) is 2.97. The van der Waals surface area contributed by atoms with Gasteiger partial charge in [-0.15, -0.1) is 0 Å². The fourth-order valence-electron chi connectivity index (χ4n) is 1.56. The van der Waals surface area contributed by atoms with Crippen LogP contribution < -0.4 is 5.32 Å². The van der Waals surface area contributed by atoms with Crippen molar-refractivity contribution in [2.45, 2.75) is 26.3 Å². The maximum Gasteiger partial charge on any atom is 0.326 e. The van der Waals surface area contributed by atoms with Crippen molar-refractivity contribution in [1.82, 2.24) is 5.32 Å². The van der Waals surface area contributed by atoms with E-state index in [2.05, 4.69) is 5.32 Å². The molecule has 0 aliphatic heterocycles. The summed E-state index contributed by atoms with van der Waals surface area (Å²) in [5, 5.41) is 21.1. The van der Waals surface area contributed by atoms with Crippen molar-refractivity contribution in [3.63, 3.8) is 0 Å². The molecule has 0 aliphatic rings. The minimum Gasteiger partial charge on any atom is -0.507 e. The number of hydrogen-bond donors (Lipinski definition) is 3. The summed E-state index contributed by atoms with van der Waals surface area (Å²) in [7, 11) is 0. The third-order valence-corrected chi connectivity index (χ3v) is 3.89. The molecule has 1 rings (SSSR count). The number of benzene rings is 1. The molecule has 5 nitrogen and oxygen atoms in total. The van der Waals surface area contributed by atoms with Crippen LogP contribution in [0.1, 0.15) is 30.6 Å². The number of carbonyl (C=O) groups excluding carboxylic acids is 1. The lowest BCUT2D eigenvalue weighted by molar-refractivity contribution is -0.140. The van der Waals surface area contributed by atoms with Crippen LogP contribution in [0.15, 0.2) is 18.2 Å². The maximum absolute atomic E-state index is 12.0. The van der Waals surface area contributed by atoms with E-state index in [-0.39, 0.29) is 17.2 Å². The molecule has 0 saturated carbocycles. The highest BCUT2D eigenvalue weighted by atomic mass is 127. The fraction of sp³-hybridized carbons (Fsp3) is 0.385. The van der Waals surface area contributed by atoms with Crippen molar-refractivity contribution < 1.29 is 19.8 Å². The minimum atomic E-state index is -1.06. The molecule has 19 heavy (non-hydrogen) atoms. The first-order chi connectivity index (χ1) is 8.86. The molecule has 0 radical (unpaired) electrons. The Morgan fingerprint density at radius 1 is 1.42 bits per heavy atom. The van der Waals surface area contributed by atoms with E-state index in [9.17, 15) is 14.7 Å². The normalized spacial score (nSPS) is 13.6. The molecule has 1 amide bonds. The van der Waals surface area contributed by atoms with E-state index in [1.54, 1.807) is 19.1 Å². The number of hydrogen-bond acceptors (Lipinski definition) is 3. The molecular formula is C13H16INO4. The molecule has 0 spiro atoms. The molecule has 0 bridgehead atoms. The third kappa shape index (κ3) is 4.09. The van der Waals surface area contributed by atoms with E-state index in [4.69, 9.17) is 5.11 Å². The van der Waals surface area contributed by atoms with Gasteiger partial charge in [-0.3, -0.25) is 4.79 Å². The zero-order valence-electron chi connectivity index (χ0n) is 10.7. The van der Waals surface area contributed by atoms with Gasteiger partial charge in [0.15, 0.2) is 0 Å². The van der Waals surface area contributed by atoms with E-state index in [1.807, 2.05) is 29.5 Å². The van der Waals surface area contributed by atoms with E-state index in [1.165, 1.54) is 6.07 Å². The summed E-state index contributed by atoms with van der Waals surface area (Å²) < 4.78 is 0.630. The predicted octanol–water partition coefficient (Wildman–Crippen LogP) is 2.23. The van der Waals surface area contributed by atoms with Gasteiger partial charge in [-0.1, -0.05) is 20.3 Å². The van der Waals surface area contributed by atoms with Crippen molar-refractivity contribution in [1.29, 1.82) is 0 Å². The molecule has 104 valence electrons. The molecule has 0 heterocycles. The Bertz CT molecular complexity index is 490. The number of carbonyl (C=O) groups is 2. The summed E-state index contributed by atoms with van der Waals surface area (Å²) in [5.74, 6) is -1.72. The second-order valence-corrected chi connectivity index (χ2v) is 5.50. The molecule has 1 aromatic carbocycles. The Hall–Kier alpha value is -1.31. The summed E-state index contributed by atoms with van der Waals surface area (Å²) in [4.78, 5) is 23.1. The summed E-state index contributed by atoms with van der Waals surface area (Å²) in [6, 6.07) is 3.54. The van der Waals surface area contributed by atoms with E-state index in [0.29, 0.717) is 9.99 Å². The summed E-state index contributed by atoms with van der Waals surface area (Å²) in [6.45, 7) is 3.63. The fourth-order valence-corrected chi connectivity index (χ4v) is 1.90. The summed E-state index contributed by atoms with van der Waals surface area (Å²) >= 11 is 1.94. The monoisotopic (exact) mass is 377 g/mol. The molecule has 0 saturated heterocycles. The molecule has 2 atom stereocenters. The summed E-state index contributed by atoms with van der Waals surface area (Å²) in [5.41, 5.74) is 0.243. The lowest BCUT2D eigenvalue weighted by Gasteiger charge is -2.20. The quantitative estimate of drug-likeness (QED) is 0.687. The van der Waals surface area contributed by atoms with Crippen LogP contribution in [-0.4, -0.2) is 28.1 Å². The highest BCUT2D eigenvalue weighted by molar-refractivity contribution is 14.1. The summed E-state index contributed by atoms with van der Waals surface area (Å²) in [6.07, 6.45) is 0.648. The maximum atomic E-state index is 12.0. The van der Waals surface area contributed by atoms with Crippen LogP contribution in [0.25, 0.3) is 0 Å². The number of rotatable bonds is 5. The standard InChI is InChI=1S/C13H16INO4/c1-3-7(2)11(13(18)19)15-12(17)8-4-5-9(14)10(16)6-8/h4-7,11,16H,3H2,1-2H3,(H,15,17)(H,18,19)/t7-,11-/m0/s1. The highest BCUT2D eigenvalue weighted by Crippen LogP contribution is 2.20. The topological polar surface area (TPSA) is 86.6 Å². The van der Waals surface area contributed by atoms with Crippen molar-refractivity contribution >= 4 is 34.5 Å². The number of carboxylic acids is 1. The predicted molar refractivity (Wildman–Crippen MR) is 79.2 cm³/mol. The molecule has 6 heteroatoms. The number of amides is 1. The average molecular weight is 377 g/mol. The van der Waals surface area contributed by atoms with Crippen LogP contribution in [0.5, 0.6) is 5.75 Å². The van der Waals surface area contributed by atoms with Gasteiger partial charge in [0.25, 0.3) is 5.91 Å². The molecule has 3 N–H and O–H groups in total. The average Bonchev–Trinajstić information content (AvgIpc) is 2.37. The van der Waals surface area contributed by atoms with Crippen LogP contribution in [0.2, 0.25) is 0 Å². The Balaban J connectivity index is 2.87.